The zero-order valence-electron chi connectivity index (χ0n) is 14.1. The molecule has 2 aromatic carbocycles. The Morgan fingerprint density at radius 1 is 1.08 bits per heavy atom. The largest absolute Gasteiger partial charge is 0.492 e. The molecule has 0 aliphatic heterocycles. The van der Waals surface area contributed by atoms with Crippen LogP contribution in [0.4, 0.5) is 5.69 Å². The predicted octanol–water partition coefficient (Wildman–Crippen LogP) is 4.62. The van der Waals surface area contributed by atoms with Crippen molar-refractivity contribution in [2.45, 2.75) is 26.8 Å². The van der Waals surface area contributed by atoms with Crippen LogP contribution in [0.25, 0.3) is 11.5 Å². The number of aryl methyl sites for hydroxylation is 1. The van der Waals surface area contributed by atoms with Crippen LogP contribution >= 0.6 is 0 Å². The van der Waals surface area contributed by atoms with Crippen LogP contribution in [0.15, 0.2) is 52.9 Å². The topological polar surface area (TPSA) is 60.2 Å². The standard InChI is InChI=1S/C19H21N3O2/c1-4-23-17-8-6-5-7-16(17)20-14(3)18-21-22-19(24-18)15-11-9-13(2)10-12-15/h5-12,14,20H,4H2,1-3H3. The Labute approximate surface area is 141 Å². The summed E-state index contributed by atoms with van der Waals surface area (Å²) in [6.07, 6.45) is 0. The Hall–Kier alpha value is -2.82. The van der Waals surface area contributed by atoms with Crippen molar-refractivity contribution < 1.29 is 9.15 Å². The molecule has 1 unspecified atom stereocenters. The van der Waals surface area contributed by atoms with Gasteiger partial charge >= 0.3 is 0 Å². The van der Waals surface area contributed by atoms with Gasteiger partial charge in [0.1, 0.15) is 11.8 Å². The molecule has 0 radical (unpaired) electrons. The fourth-order valence-corrected chi connectivity index (χ4v) is 2.38. The van der Waals surface area contributed by atoms with E-state index in [1.54, 1.807) is 0 Å². The van der Waals surface area contributed by atoms with Gasteiger partial charge in [-0.1, -0.05) is 29.8 Å². The molecule has 124 valence electrons. The molecule has 0 amide bonds. The molecule has 0 saturated carbocycles. The summed E-state index contributed by atoms with van der Waals surface area (Å²) in [6.45, 7) is 6.61. The van der Waals surface area contributed by atoms with Gasteiger partial charge in [-0.15, -0.1) is 10.2 Å². The number of anilines is 1. The van der Waals surface area contributed by atoms with Crippen molar-refractivity contribution in [3.8, 4) is 17.2 Å². The molecule has 0 saturated heterocycles. The van der Waals surface area contributed by atoms with E-state index in [-0.39, 0.29) is 6.04 Å². The number of para-hydroxylation sites is 2. The average molecular weight is 323 g/mol. The number of nitrogens with one attached hydrogen (secondary N) is 1. The normalized spacial score (nSPS) is 12.0. The molecule has 0 spiro atoms. The van der Waals surface area contributed by atoms with Crippen molar-refractivity contribution in [2.75, 3.05) is 11.9 Å². The smallest absolute Gasteiger partial charge is 0.247 e. The maximum absolute atomic E-state index is 5.82. The van der Waals surface area contributed by atoms with Crippen molar-refractivity contribution in [1.29, 1.82) is 0 Å². The van der Waals surface area contributed by atoms with Gasteiger partial charge in [0.05, 0.1) is 12.3 Å². The minimum absolute atomic E-state index is 0.127. The SMILES string of the molecule is CCOc1ccccc1NC(C)c1nnc(-c2ccc(C)cc2)o1. The minimum atomic E-state index is -0.127. The molecule has 0 aliphatic rings. The molecule has 3 aromatic rings. The molecule has 1 heterocycles. The summed E-state index contributed by atoms with van der Waals surface area (Å²) in [5.41, 5.74) is 3.02. The molecule has 0 aliphatic carbocycles. The van der Waals surface area contributed by atoms with Crippen molar-refractivity contribution in [2.24, 2.45) is 0 Å². The van der Waals surface area contributed by atoms with Gasteiger partial charge in [-0.05, 0) is 45.0 Å². The number of rotatable bonds is 6. The molecular weight excluding hydrogens is 302 g/mol. The van der Waals surface area contributed by atoms with Crippen molar-refractivity contribution in [1.82, 2.24) is 10.2 Å². The highest BCUT2D eigenvalue weighted by Gasteiger charge is 2.16. The molecule has 1 aromatic heterocycles. The van der Waals surface area contributed by atoms with Crippen molar-refractivity contribution in [3.05, 3.63) is 60.0 Å². The third kappa shape index (κ3) is 3.56. The molecule has 5 heteroatoms. The summed E-state index contributed by atoms with van der Waals surface area (Å²) in [5.74, 6) is 1.87. The highest BCUT2D eigenvalue weighted by Crippen LogP contribution is 2.28. The second-order valence-corrected chi connectivity index (χ2v) is 5.61. The minimum Gasteiger partial charge on any atom is -0.492 e. The summed E-state index contributed by atoms with van der Waals surface area (Å²) >= 11 is 0. The van der Waals surface area contributed by atoms with Crippen LogP contribution in [0.2, 0.25) is 0 Å². The van der Waals surface area contributed by atoms with Gasteiger partial charge in [0.25, 0.3) is 0 Å². The van der Waals surface area contributed by atoms with E-state index in [9.17, 15) is 0 Å². The van der Waals surface area contributed by atoms with E-state index in [1.807, 2.05) is 69.3 Å². The molecule has 0 fully saturated rings. The second-order valence-electron chi connectivity index (χ2n) is 5.61. The molecular formula is C19H21N3O2. The van der Waals surface area contributed by atoms with E-state index in [2.05, 4.69) is 15.5 Å². The highest BCUT2D eigenvalue weighted by molar-refractivity contribution is 5.57. The molecule has 5 nitrogen and oxygen atoms in total. The molecule has 1 atom stereocenters. The maximum atomic E-state index is 5.82. The first-order chi connectivity index (χ1) is 11.7. The van der Waals surface area contributed by atoms with E-state index in [4.69, 9.17) is 9.15 Å². The Balaban J connectivity index is 1.77. The number of ether oxygens (including phenoxy) is 1. The fraction of sp³-hybridized carbons (Fsp3) is 0.263. The summed E-state index contributed by atoms with van der Waals surface area (Å²) in [7, 11) is 0. The van der Waals surface area contributed by atoms with Crippen molar-refractivity contribution >= 4 is 5.69 Å². The van der Waals surface area contributed by atoms with Crippen LogP contribution < -0.4 is 10.1 Å². The van der Waals surface area contributed by atoms with E-state index >= 15 is 0 Å². The first-order valence-electron chi connectivity index (χ1n) is 8.06. The van der Waals surface area contributed by atoms with Crippen LogP contribution in [-0.2, 0) is 0 Å². The van der Waals surface area contributed by atoms with E-state index in [0.29, 0.717) is 18.4 Å². The molecule has 3 rings (SSSR count). The van der Waals surface area contributed by atoms with Gasteiger partial charge in [0.2, 0.25) is 11.8 Å². The third-order valence-corrected chi connectivity index (χ3v) is 3.67. The first kappa shape index (κ1) is 16.1. The van der Waals surface area contributed by atoms with E-state index in [0.717, 1.165) is 17.0 Å². The van der Waals surface area contributed by atoms with Crippen LogP contribution in [0.3, 0.4) is 0 Å². The average Bonchev–Trinajstić information content (AvgIpc) is 3.08. The maximum Gasteiger partial charge on any atom is 0.247 e. The lowest BCUT2D eigenvalue weighted by molar-refractivity contribution is 0.341. The summed E-state index contributed by atoms with van der Waals surface area (Å²) < 4.78 is 11.4. The number of aromatic nitrogens is 2. The number of hydrogen-bond acceptors (Lipinski definition) is 5. The first-order valence-corrected chi connectivity index (χ1v) is 8.06. The van der Waals surface area contributed by atoms with Gasteiger partial charge < -0.3 is 14.5 Å². The van der Waals surface area contributed by atoms with Gasteiger partial charge in [-0.2, -0.15) is 0 Å². The monoisotopic (exact) mass is 323 g/mol. The Bertz CT molecular complexity index is 796. The zero-order valence-corrected chi connectivity index (χ0v) is 14.1. The fourth-order valence-electron chi connectivity index (χ4n) is 2.38. The van der Waals surface area contributed by atoms with Crippen LogP contribution in [-0.4, -0.2) is 16.8 Å². The zero-order chi connectivity index (χ0) is 16.9. The molecule has 0 bridgehead atoms. The van der Waals surface area contributed by atoms with Crippen LogP contribution in [0.1, 0.15) is 31.3 Å². The highest BCUT2D eigenvalue weighted by atomic mass is 16.5. The Morgan fingerprint density at radius 3 is 2.58 bits per heavy atom. The molecule has 24 heavy (non-hydrogen) atoms. The van der Waals surface area contributed by atoms with Gasteiger partial charge in [-0.3, -0.25) is 0 Å². The Morgan fingerprint density at radius 2 is 1.83 bits per heavy atom. The van der Waals surface area contributed by atoms with E-state index < -0.39 is 0 Å². The predicted molar refractivity (Wildman–Crippen MR) is 94.1 cm³/mol. The van der Waals surface area contributed by atoms with Crippen LogP contribution in [0, 0.1) is 6.92 Å². The summed E-state index contributed by atoms with van der Waals surface area (Å²) in [4.78, 5) is 0. The van der Waals surface area contributed by atoms with Gasteiger partial charge in [0.15, 0.2) is 0 Å². The van der Waals surface area contributed by atoms with E-state index in [1.165, 1.54) is 5.56 Å². The number of nitrogens with zero attached hydrogens (tertiary/aromatic N) is 2. The number of hydrogen-bond donors (Lipinski definition) is 1. The molecule has 1 N–H and O–H groups in total. The summed E-state index contributed by atoms with van der Waals surface area (Å²) in [6, 6.07) is 15.7. The van der Waals surface area contributed by atoms with Crippen molar-refractivity contribution in [3.63, 3.8) is 0 Å². The Kier molecular flexibility index (Phi) is 4.79. The lowest BCUT2D eigenvalue weighted by Gasteiger charge is -2.15. The third-order valence-electron chi connectivity index (χ3n) is 3.67. The number of benzene rings is 2. The quantitative estimate of drug-likeness (QED) is 0.717. The summed E-state index contributed by atoms with van der Waals surface area (Å²) in [5, 5.41) is 11.7. The van der Waals surface area contributed by atoms with Gasteiger partial charge in [0, 0.05) is 5.56 Å². The van der Waals surface area contributed by atoms with Gasteiger partial charge in [-0.25, -0.2) is 0 Å². The lowest BCUT2D eigenvalue weighted by atomic mass is 10.1. The van der Waals surface area contributed by atoms with Crippen LogP contribution in [0.5, 0.6) is 5.75 Å². The lowest BCUT2D eigenvalue weighted by Crippen LogP contribution is -2.08. The second kappa shape index (κ2) is 7.17.